The summed E-state index contributed by atoms with van der Waals surface area (Å²) in [6.07, 6.45) is 10.7. The van der Waals surface area contributed by atoms with Gasteiger partial charge in [0, 0.05) is 39.8 Å². The summed E-state index contributed by atoms with van der Waals surface area (Å²) in [5.41, 5.74) is 1.95. The zero-order valence-corrected chi connectivity index (χ0v) is 17.9. The molecular weight excluding hydrogens is 480 g/mol. The molecule has 2 unspecified atom stereocenters. The van der Waals surface area contributed by atoms with Gasteiger partial charge >= 0.3 is 11.9 Å². The molecule has 0 N–H and O–H groups in total. The van der Waals surface area contributed by atoms with Crippen LogP contribution in [0.1, 0.15) is 23.5 Å². The summed E-state index contributed by atoms with van der Waals surface area (Å²) in [5.74, 6) is -0.154. The fraction of sp³-hybridized carbons (Fsp3) is 0.263. The molecule has 2 aromatic rings. The third-order valence-electron chi connectivity index (χ3n) is 3.79. The Labute approximate surface area is 174 Å². The van der Waals surface area contributed by atoms with Gasteiger partial charge in [0.1, 0.15) is 0 Å². The molecule has 1 fully saturated rings. The molecule has 0 aromatic carbocycles. The highest BCUT2D eigenvalue weighted by Gasteiger charge is 2.45. The van der Waals surface area contributed by atoms with Gasteiger partial charge in [-0.05, 0) is 73.5 Å². The summed E-state index contributed by atoms with van der Waals surface area (Å²) in [7, 11) is 2.77. The largest absolute Gasteiger partial charge is 0.469 e. The quantitative estimate of drug-likeness (QED) is 0.466. The predicted octanol–water partition coefficient (Wildman–Crippen LogP) is 4.15. The minimum atomic E-state index is -0.375. The summed E-state index contributed by atoms with van der Waals surface area (Å²) < 4.78 is 11.0. The third kappa shape index (κ3) is 6.88. The summed E-state index contributed by atoms with van der Waals surface area (Å²) in [4.78, 5) is 29.9. The minimum Gasteiger partial charge on any atom is -0.469 e. The Morgan fingerprint density at radius 2 is 1.70 bits per heavy atom. The van der Waals surface area contributed by atoms with Crippen molar-refractivity contribution in [2.45, 2.75) is 12.3 Å². The van der Waals surface area contributed by atoms with Gasteiger partial charge in [0.25, 0.3) is 0 Å². The molecule has 0 bridgehead atoms. The highest BCUT2D eigenvalue weighted by atomic mass is 79.9. The smallest absolute Gasteiger partial charge is 0.330 e. The van der Waals surface area contributed by atoms with Gasteiger partial charge in [-0.15, -0.1) is 0 Å². The van der Waals surface area contributed by atoms with Crippen LogP contribution in [-0.2, 0) is 19.1 Å². The first-order chi connectivity index (χ1) is 12.9. The normalized spacial score (nSPS) is 17.6. The molecule has 2 atom stereocenters. The van der Waals surface area contributed by atoms with E-state index in [1.165, 1.54) is 20.3 Å². The Bertz CT molecular complexity index is 842. The van der Waals surface area contributed by atoms with Crippen molar-refractivity contribution in [3.05, 3.63) is 63.1 Å². The number of rotatable bonds is 4. The van der Waals surface area contributed by atoms with Crippen molar-refractivity contribution in [2.24, 2.45) is 5.92 Å². The van der Waals surface area contributed by atoms with Crippen molar-refractivity contribution < 1.29 is 19.1 Å². The molecule has 0 aliphatic heterocycles. The second kappa shape index (κ2) is 10.3. The summed E-state index contributed by atoms with van der Waals surface area (Å²) in [5, 5.41) is 0. The molecule has 1 saturated carbocycles. The van der Waals surface area contributed by atoms with Crippen LogP contribution in [0.15, 0.2) is 51.9 Å². The molecule has 142 valence electrons. The van der Waals surface area contributed by atoms with Gasteiger partial charge in [0.2, 0.25) is 0 Å². The summed E-state index contributed by atoms with van der Waals surface area (Å²) in [6.45, 7) is 0. The van der Waals surface area contributed by atoms with Crippen LogP contribution in [0.3, 0.4) is 0 Å². The van der Waals surface area contributed by atoms with Gasteiger partial charge in [-0.2, -0.15) is 0 Å². The van der Waals surface area contributed by atoms with E-state index in [1.54, 1.807) is 30.9 Å². The number of methoxy groups -OCH3 is 2. The number of hydrogen-bond acceptors (Lipinski definition) is 6. The second-order valence-corrected chi connectivity index (χ2v) is 7.53. The number of carbonyl (C=O) groups excluding carboxylic acids is 2. The number of halogens is 2. The molecule has 6 nitrogen and oxygen atoms in total. The van der Waals surface area contributed by atoms with Gasteiger partial charge in [-0.3, -0.25) is 14.8 Å². The summed E-state index contributed by atoms with van der Waals surface area (Å²) >= 11 is 6.63. The van der Waals surface area contributed by atoms with E-state index in [9.17, 15) is 9.59 Å². The predicted molar refractivity (Wildman–Crippen MR) is 108 cm³/mol. The molecule has 2 aromatic heterocycles. The van der Waals surface area contributed by atoms with Crippen LogP contribution in [0.5, 0.6) is 0 Å². The molecular formula is C19H18Br2N2O4. The molecule has 8 heteroatoms. The van der Waals surface area contributed by atoms with Gasteiger partial charge in [0.15, 0.2) is 0 Å². The van der Waals surface area contributed by atoms with Crippen LogP contribution >= 0.6 is 31.9 Å². The van der Waals surface area contributed by atoms with Crippen LogP contribution in [0, 0.1) is 5.92 Å². The van der Waals surface area contributed by atoms with Gasteiger partial charge in [-0.1, -0.05) is 0 Å². The lowest BCUT2D eigenvalue weighted by atomic mass is 10.1. The molecule has 1 aliphatic carbocycles. The first-order valence-electron chi connectivity index (χ1n) is 7.99. The summed E-state index contributed by atoms with van der Waals surface area (Å²) in [6, 6.07) is 3.85. The molecule has 0 spiro atoms. The van der Waals surface area contributed by atoms with Gasteiger partial charge < -0.3 is 9.47 Å². The van der Waals surface area contributed by atoms with Crippen molar-refractivity contribution in [2.75, 3.05) is 14.2 Å². The van der Waals surface area contributed by atoms with E-state index < -0.39 is 0 Å². The van der Waals surface area contributed by atoms with Crippen molar-refractivity contribution >= 4 is 49.9 Å². The molecule has 0 amide bonds. The van der Waals surface area contributed by atoms with Crippen molar-refractivity contribution in [3.63, 3.8) is 0 Å². The minimum absolute atomic E-state index is 0.0381. The lowest BCUT2D eigenvalue weighted by Gasteiger charge is -1.99. The Kier molecular flexibility index (Phi) is 8.12. The average molecular weight is 498 g/mol. The molecule has 0 radical (unpaired) electrons. The van der Waals surface area contributed by atoms with E-state index in [0.717, 1.165) is 26.5 Å². The van der Waals surface area contributed by atoms with E-state index in [-0.39, 0.29) is 17.9 Å². The number of aromatic nitrogens is 2. The van der Waals surface area contributed by atoms with Crippen LogP contribution in [0.2, 0.25) is 0 Å². The first-order valence-corrected chi connectivity index (χ1v) is 9.58. The highest BCUT2D eigenvalue weighted by molar-refractivity contribution is 9.10. The number of ether oxygens (including phenoxy) is 2. The maximum atomic E-state index is 11.2. The lowest BCUT2D eigenvalue weighted by molar-refractivity contribution is -0.142. The van der Waals surface area contributed by atoms with E-state index in [1.807, 2.05) is 12.1 Å². The Balaban J connectivity index is 0.000000194. The van der Waals surface area contributed by atoms with Crippen LogP contribution in [0.25, 0.3) is 6.08 Å². The Hall–Kier alpha value is -2.06. The molecule has 3 rings (SSSR count). The fourth-order valence-corrected chi connectivity index (χ4v) is 3.12. The Morgan fingerprint density at radius 1 is 1.04 bits per heavy atom. The monoisotopic (exact) mass is 496 g/mol. The highest BCUT2D eigenvalue weighted by Crippen LogP contribution is 2.48. The van der Waals surface area contributed by atoms with Crippen molar-refractivity contribution in [3.8, 4) is 0 Å². The number of pyridine rings is 2. The molecule has 1 aliphatic rings. The van der Waals surface area contributed by atoms with Crippen molar-refractivity contribution in [1.29, 1.82) is 0 Å². The lowest BCUT2D eigenvalue weighted by Crippen LogP contribution is -2.03. The average Bonchev–Trinajstić information content (AvgIpc) is 3.47. The zero-order chi connectivity index (χ0) is 19.8. The van der Waals surface area contributed by atoms with Crippen LogP contribution in [-0.4, -0.2) is 36.1 Å². The van der Waals surface area contributed by atoms with E-state index in [2.05, 4.69) is 51.3 Å². The standard InChI is InChI=1S/C10H10BrNO2.C9H8BrNO2/c1-14-10(13)9-3-8(9)6-2-7(11)5-12-4-6;1-13-9(12)3-2-7-4-8(10)6-11-5-7/h2,4-5,8-9H,3H2,1H3;2-6H,1H3/b;3-2+. The Morgan fingerprint density at radius 3 is 2.30 bits per heavy atom. The fourth-order valence-electron chi connectivity index (χ4n) is 2.36. The van der Waals surface area contributed by atoms with Crippen LogP contribution < -0.4 is 0 Å². The van der Waals surface area contributed by atoms with Crippen molar-refractivity contribution in [1.82, 2.24) is 9.97 Å². The van der Waals surface area contributed by atoms with Crippen LogP contribution in [0.4, 0.5) is 0 Å². The third-order valence-corrected chi connectivity index (χ3v) is 4.65. The second-order valence-electron chi connectivity index (χ2n) is 5.70. The number of carbonyl (C=O) groups is 2. The van der Waals surface area contributed by atoms with Gasteiger partial charge in [0.05, 0.1) is 20.1 Å². The molecule has 27 heavy (non-hydrogen) atoms. The van der Waals surface area contributed by atoms with Gasteiger partial charge in [-0.25, -0.2) is 4.79 Å². The maximum absolute atomic E-state index is 11.2. The number of esters is 2. The maximum Gasteiger partial charge on any atom is 0.330 e. The topological polar surface area (TPSA) is 78.4 Å². The van der Waals surface area contributed by atoms with E-state index in [0.29, 0.717) is 5.92 Å². The van der Waals surface area contributed by atoms with E-state index >= 15 is 0 Å². The molecule has 0 saturated heterocycles. The zero-order valence-electron chi connectivity index (χ0n) is 14.8. The number of hydrogen-bond donors (Lipinski definition) is 0. The molecule has 2 heterocycles. The SMILES string of the molecule is COC(=O)/C=C/c1cncc(Br)c1.COC(=O)C1CC1c1cncc(Br)c1. The first kappa shape index (κ1) is 21.2. The van der Waals surface area contributed by atoms with E-state index in [4.69, 9.17) is 0 Å². The number of nitrogens with zero attached hydrogens (tertiary/aromatic N) is 2.